The van der Waals surface area contributed by atoms with Crippen LogP contribution in [0, 0.1) is 0 Å². The Morgan fingerprint density at radius 1 is 1.42 bits per heavy atom. The van der Waals surface area contributed by atoms with Gasteiger partial charge in [-0.25, -0.2) is 9.59 Å². The van der Waals surface area contributed by atoms with E-state index in [-0.39, 0.29) is 11.6 Å². The number of carboxylic acid groups (broad SMARTS) is 1. The van der Waals surface area contributed by atoms with Gasteiger partial charge in [0.15, 0.2) is 0 Å². The van der Waals surface area contributed by atoms with Crippen molar-refractivity contribution in [2.45, 2.75) is 0 Å². The lowest BCUT2D eigenvalue weighted by molar-refractivity contribution is 0.0697. The molecule has 3 N–H and O–H groups in total. The monoisotopic (exact) mass is 329 g/mol. The zero-order chi connectivity index (χ0) is 14.4. The number of amides is 2. The molecule has 0 saturated heterocycles. The van der Waals surface area contributed by atoms with Gasteiger partial charge in [-0.2, -0.15) is 0 Å². The van der Waals surface area contributed by atoms with Gasteiger partial charge in [-0.3, -0.25) is 0 Å². The van der Waals surface area contributed by atoms with Gasteiger partial charge < -0.3 is 20.6 Å². The summed E-state index contributed by atoms with van der Waals surface area (Å²) in [6, 6.07) is 4.17. The fourth-order valence-electron chi connectivity index (χ4n) is 1.35. The van der Waals surface area contributed by atoms with E-state index in [1.54, 1.807) is 20.2 Å². The van der Waals surface area contributed by atoms with Gasteiger partial charge in [-0.15, -0.1) is 0 Å². The van der Waals surface area contributed by atoms with E-state index in [1.807, 2.05) is 0 Å². The van der Waals surface area contributed by atoms with Crippen LogP contribution in [0.25, 0.3) is 0 Å². The molecular weight excluding hydrogens is 314 g/mol. The first-order valence-electron chi connectivity index (χ1n) is 5.65. The van der Waals surface area contributed by atoms with Crippen molar-refractivity contribution in [3.63, 3.8) is 0 Å². The molecule has 6 nitrogen and oxygen atoms in total. The van der Waals surface area contributed by atoms with Gasteiger partial charge in [-0.1, -0.05) is 0 Å². The SMILES string of the molecule is CNCCN(C)C(=O)Nc1cc(C(=O)O)ccc1Br. The molecule has 0 aliphatic rings. The standard InChI is InChI=1S/C12H16BrN3O3/c1-14-5-6-16(2)12(19)15-10-7-8(11(17)18)3-4-9(10)13/h3-4,7,14H,5-6H2,1-2H3,(H,15,19)(H,17,18). The van der Waals surface area contributed by atoms with Crippen molar-refractivity contribution >= 4 is 33.6 Å². The Morgan fingerprint density at radius 2 is 2.11 bits per heavy atom. The number of carbonyl (C=O) groups is 2. The number of carboxylic acids is 1. The van der Waals surface area contributed by atoms with Crippen LogP contribution in [0.3, 0.4) is 0 Å². The Bertz CT molecular complexity index is 479. The van der Waals surface area contributed by atoms with E-state index in [4.69, 9.17) is 5.11 Å². The van der Waals surface area contributed by atoms with Crippen LogP contribution in [-0.2, 0) is 0 Å². The minimum Gasteiger partial charge on any atom is -0.478 e. The summed E-state index contributed by atoms with van der Waals surface area (Å²) >= 11 is 3.27. The van der Waals surface area contributed by atoms with Gasteiger partial charge >= 0.3 is 12.0 Å². The number of rotatable bonds is 5. The van der Waals surface area contributed by atoms with Crippen LogP contribution in [-0.4, -0.2) is 49.2 Å². The smallest absolute Gasteiger partial charge is 0.335 e. The van der Waals surface area contributed by atoms with Gasteiger partial charge in [-0.05, 0) is 41.2 Å². The maximum atomic E-state index is 11.9. The van der Waals surface area contributed by atoms with Crippen molar-refractivity contribution in [1.29, 1.82) is 0 Å². The molecule has 1 aromatic rings. The number of nitrogens with zero attached hydrogens (tertiary/aromatic N) is 1. The molecule has 1 aromatic carbocycles. The summed E-state index contributed by atoms with van der Waals surface area (Å²) < 4.78 is 0.632. The topological polar surface area (TPSA) is 81.7 Å². The molecule has 0 spiro atoms. The van der Waals surface area contributed by atoms with Gasteiger partial charge in [0.2, 0.25) is 0 Å². The third-order valence-corrected chi connectivity index (χ3v) is 3.19. The number of nitrogens with one attached hydrogen (secondary N) is 2. The Balaban J connectivity index is 2.78. The van der Waals surface area contributed by atoms with Crippen molar-refractivity contribution in [2.75, 3.05) is 32.5 Å². The van der Waals surface area contributed by atoms with Crippen molar-refractivity contribution in [1.82, 2.24) is 10.2 Å². The molecule has 0 heterocycles. The van der Waals surface area contributed by atoms with Crippen LogP contribution < -0.4 is 10.6 Å². The average molecular weight is 330 g/mol. The highest BCUT2D eigenvalue weighted by molar-refractivity contribution is 9.10. The minimum absolute atomic E-state index is 0.122. The van der Waals surface area contributed by atoms with E-state index in [0.29, 0.717) is 23.2 Å². The zero-order valence-electron chi connectivity index (χ0n) is 10.7. The Kier molecular flexibility index (Phi) is 5.78. The zero-order valence-corrected chi connectivity index (χ0v) is 12.3. The second kappa shape index (κ2) is 7.10. The second-order valence-corrected chi connectivity index (χ2v) is 4.81. The van der Waals surface area contributed by atoms with Crippen LogP contribution in [0.15, 0.2) is 22.7 Å². The number of urea groups is 1. The van der Waals surface area contributed by atoms with Crippen LogP contribution in [0.4, 0.5) is 10.5 Å². The molecule has 104 valence electrons. The fourth-order valence-corrected chi connectivity index (χ4v) is 1.69. The average Bonchev–Trinajstić information content (AvgIpc) is 2.38. The fraction of sp³-hybridized carbons (Fsp3) is 0.333. The highest BCUT2D eigenvalue weighted by Crippen LogP contribution is 2.23. The van der Waals surface area contributed by atoms with Crippen LogP contribution in [0.5, 0.6) is 0 Å². The minimum atomic E-state index is -1.04. The number of halogens is 1. The van der Waals surface area contributed by atoms with E-state index in [1.165, 1.54) is 17.0 Å². The number of carbonyl (C=O) groups excluding carboxylic acids is 1. The summed E-state index contributed by atoms with van der Waals surface area (Å²) in [7, 11) is 3.47. The Hall–Kier alpha value is -1.60. The third kappa shape index (κ3) is 4.53. The van der Waals surface area contributed by atoms with E-state index in [0.717, 1.165) is 0 Å². The molecule has 0 aliphatic carbocycles. The van der Waals surface area contributed by atoms with E-state index in [9.17, 15) is 9.59 Å². The number of hydrogen-bond donors (Lipinski definition) is 3. The van der Waals surface area contributed by atoms with E-state index >= 15 is 0 Å². The molecule has 0 unspecified atom stereocenters. The van der Waals surface area contributed by atoms with Gasteiger partial charge in [0.05, 0.1) is 11.3 Å². The molecule has 0 radical (unpaired) electrons. The lowest BCUT2D eigenvalue weighted by Crippen LogP contribution is -2.36. The first-order valence-corrected chi connectivity index (χ1v) is 6.44. The molecule has 1 rings (SSSR count). The number of anilines is 1. The highest BCUT2D eigenvalue weighted by atomic mass is 79.9. The maximum Gasteiger partial charge on any atom is 0.335 e. The molecule has 0 atom stereocenters. The van der Waals surface area contributed by atoms with Crippen LogP contribution in [0.1, 0.15) is 10.4 Å². The van der Waals surface area contributed by atoms with Crippen molar-refractivity contribution < 1.29 is 14.7 Å². The van der Waals surface area contributed by atoms with Gasteiger partial charge in [0.25, 0.3) is 0 Å². The summed E-state index contributed by atoms with van der Waals surface area (Å²) in [6.07, 6.45) is 0. The maximum absolute atomic E-state index is 11.9. The number of aromatic carboxylic acids is 1. The molecule has 19 heavy (non-hydrogen) atoms. The molecule has 0 aliphatic heterocycles. The number of benzene rings is 1. The van der Waals surface area contributed by atoms with Crippen molar-refractivity contribution in [2.24, 2.45) is 0 Å². The van der Waals surface area contributed by atoms with Crippen LogP contribution >= 0.6 is 15.9 Å². The first-order chi connectivity index (χ1) is 8.95. The Labute approximate surface area is 119 Å². The largest absolute Gasteiger partial charge is 0.478 e. The second-order valence-electron chi connectivity index (χ2n) is 3.96. The lowest BCUT2D eigenvalue weighted by atomic mass is 10.2. The highest BCUT2D eigenvalue weighted by Gasteiger charge is 2.12. The summed E-state index contributed by atoms with van der Waals surface area (Å²) in [5, 5.41) is 14.5. The summed E-state index contributed by atoms with van der Waals surface area (Å²) in [5.41, 5.74) is 0.553. The first kappa shape index (κ1) is 15.5. The predicted molar refractivity (Wildman–Crippen MR) is 76.7 cm³/mol. The van der Waals surface area contributed by atoms with Crippen LogP contribution in [0.2, 0.25) is 0 Å². The molecular formula is C12H16BrN3O3. The van der Waals surface area contributed by atoms with E-state index in [2.05, 4.69) is 26.6 Å². The van der Waals surface area contributed by atoms with Crippen molar-refractivity contribution in [3.05, 3.63) is 28.2 Å². The summed E-state index contributed by atoms with van der Waals surface area (Å²) in [4.78, 5) is 24.3. The molecule has 0 bridgehead atoms. The summed E-state index contributed by atoms with van der Waals surface area (Å²) in [5.74, 6) is -1.04. The molecule has 7 heteroatoms. The summed E-state index contributed by atoms with van der Waals surface area (Å²) in [6.45, 7) is 1.23. The van der Waals surface area contributed by atoms with Crippen molar-refractivity contribution in [3.8, 4) is 0 Å². The molecule has 0 saturated carbocycles. The quantitative estimate of drug-likeness (QED) is 0.769. The lowest BCUT2D eigenvalue weighted by Gasteiger charge is -2.18. The molecule has 0 aromatic heterocycles. The number of likely N-dealkylation sites (N-methyl/N-ethyl adjacent to an activating group) is 2. The molecule has 0 fully saturated rings. The van der Waals surface area contributed by atoms with Gasteiger partial charge in [0.1, 0.15) is 0 Å². The Morgan fingerprint density at radius 3 is 2.68 bits per heavy atom. The van der Waals surface area contributed by atoms with E-state index < -0.39 is 5.97 Å². The number of hydrogen-bond acceptors (Lipinski definition) is 3. The normalized spacial score (nSPS) is 10.1. The van der Waals surface area contributed by atoms with Gasteiger partial charge in [0, 0.05) is 24.6 Å². The third-order valence-electron chi connectivity index (χ3n) is 2.50. The molecule has 2 amide bonds. The predicted octanol–water partition coefficient (Wildman–Crippen LogP) is 1.83.